The standard InChI is InChI=1S/C14H12FIN2O2/c1-2-17(11-5-3-4-10(15)8-11)12-6-7-14(18(19)20)13(16)9-12/h3-9H,2H2,1H3. The quantitative estimate of drug-likeness (QED) is 0.442. The van der Waals surface area contributed by atoms with Crippen molar-refractivity contribution in [2.24, 2.45) is 0 Å². The molecular formula is C14H12FIN2O2. The van der Waals surface area contributed by atoms with Crippen molar-refractivity contribution in [2.75, 3.05) is 11.4 Å². The van der Waals surface area contributed by atoms with Gasteiger partial charge in [-0.05, 0) is 59.8 Å². The number of hydrogen-bond donors (Lipinski definition) is 0. The topological polar surface area (TPSA) is 46.4 Å². The molecule has 0 aromatic heterocycles. The van der Waals surface area contributed by atoms with Gasteiger partial charge in [0.15, 0.2) is 0 Å². The molecule has 0 aliphatic carbocycles. The number of hydrogen-bond acceptors (Lipinski definition) is 3. The van der Waals surface area contributed by atoms with Gasteiger partial charge < -0.3 is 4.90 Å². The molecule has 0 unspecified atom stereocenters. The van der Waals surface area contributed by atoms with E-state index < -0.39 is 4.92 Å². The smallest absolute Gasteiger partial charge is 0.282 e. The van der Waals surface area contributed by atoms with Crippen molar-refractivity contribution in [3.63, 3.8) is 0 Å². The van der Waals surface area contributed by atoms with Crippen LogP contribution in [0.3, 0.4) is 0 Å². The van der Waals surface area contributed by atoms with Crippen molar-refractivity contribution in [1.82, 2.24) is 0 Å². The first-order chi connectivity index (χ1) is 9.52. The van der Waals surface area contributed by atoms with Gasteiger partial charge in [-0.3, -0.25) is 10.1 Å². The first kappa shape index (κ1) is 14.7. The average molecular weight is 386 g/mol. The molecule has 20 heavy (non-hydrogen) atoms. The van der Waals surface area contributed by atoms with Crippen molar-refractivity contribution >= 4 is 39.7 Å². The molecule has 0 N–H and O–H groups in total. The lowest BCUT2D eigenvalue weighted by Gasteiger charge is -2.23. The molecule has 0 saturated heterocycles. The van der Waals surface area contributed by atoms with E-state index in [4.69, 9.17) is 0 Å². The van der Waals surface area contributed by atoms with Crippen LogP contribution in [0.1, 0.15) is 6.92 Å². The maximum absolute atomic E-state index is 13.3. The van der Waals surface area contributed by atoms with Crippen LogP contribution in [0, 0.1) is 19.5 Å². The van der Waals surface area contributed by atoms with Gasteiger partial charge in [0.2, 0.25) is 0 Å². The van der Waals surface area contributed by atoms with E-state index in [1.807, 2.05) is 34.4 Å². The number of benzene rings is 2. The fourth-order valence-corrected chi connectivity index (χ4v) is 2.67. The molecule has 2 rings (SSSR count). The van der Waals surface area contributed by atoms with Crippen molar-refractivity contribution < 1.29 is 9.31 Å². The summed E-state index contributed by atoms with van der Waals surface area (Å²) in [6.07, 6.45) is 0. The molecule has 0 spiro atoms. The largest absolute Gasteiger partial charge is 0.342 e. The molecule has 0 amide bonds. The summed E-state index contributed by atoms with van der Waals surface area (Å²) >= 11 is 1.93. The zero-order chi connectivity index (χ0) is 14.7. The van der Waals surface area contributed by atoms with Crippen molar-refractivity contribution in [1.29, 1.82) is 0 Å². The third-order valence-electron chi connectivity index (χ3n) is 2.88. The summed E-state index contributed by atoms with van der Waals surface area (Å²) in [5.41, 5.74) is 1.59. The van der Waals surface area contributed by atoms with Crippen molar-refractivity contribution in [3.8, 4) is 0 Å². The van der Waals surface area contributed by atoms with Crippen LogP contribution in [0.2, 0.25) is 0 Å². The van der Waals surface area contributed by atoms with Gasteiger partial charge in [-0.2, -0.15) is 0 Å². The van der Waals surface area contributed by atoms with E-state index in [1.165, 1.54) is 18.2 Å². The van der Waals surface area contributed by atoms with Gasteiger partial charge in [-0.1, -0.05) is 6.07 Å². The first-order valence-electron chi connectivity index (χ1n) is 6.00. The van der Waals surface area contributed by atoms with Crippen molar-refractivity contribution in [2.45, 2.75) is 6.92 Å². The van der Waals surface area contributed by atoms with E-state index in [2.05, 4.69) is 0 Å². The van der Waals surface area contributed by atoms with E-state index in [0.29, 0.717) is 10.1 Å². The normalized spacial score (nSPS) is 10.3. The van der Waals surface area contributed by atoms with Crippen LogP contribution in [0.4, 0.5) is 21.5 Å². The molecule has 0 heterocycles. The highest BCUT2D eigenvalue weighted by Crippen LogP contribution is 2.30. The summed E-state index contributed by atoms with van der Waals surface area (Å²) in [6, 6.07) is 11.2. The van der Waals surface area contributed by atoms with E-state index in [9.17, 15) is 14.5 Å². The third kappa shape index (κ3) is 3.06. The molecule has 4 nitrogen and oxygen atoms in total. The zero-order valence-corrected chi connectivity index (χ0v) is 12.9. The minimum Gasteiger partial charge on any atom is -0.342 e. The SMILES string of the molecule is CCN(c1cccc(F)c1)c1ccc([N+](=O)[O-])c(I)c1. The number of nitro benzene ring substituents is 1. The fraction of sp³-hybridized carbons (Fsp3) is 0.143. The van der Waals surface area contributed by atoms with Crippen LogP contribution in [0.15, 0.2) is 42.5 Å². The van der Waals surface area contributed by atoms with E-state index >= 15 is 0 Å². The lowest BCUT2D eigenvalue weighted by molar-refractivity contribution is -0.385. The average Bonchev–Trinajstić information content (AvgIpc) is 2.39. The molecule has 0 fully saturated rings. The van der Waals surface area contributed by atoms with Gasteiger partial charge in [-0.15, -0.1) is 0 Å². The Morgan fingerprint density at radius 1 is 1.25 bits per heavy atom. The molecule has 0 bridgehead atoms. The molecule has 2 aromatic rings. The molecule has 0 aliphatic heterocycles. The lowest BCUT2D eigenvalue weighted by Crippen LogP contribution is -2.16. The Kier molecular flexibility index (Phi) is 4.53. The van der Waals surface area contributed by atoms with Gasteiger partial charge in [0.1, 0.15) is 5.82 Å². The minimum atomic E-state index is -0.413. The summed E-state index contributed by atoms with van der Waals surface area (Å²) in [6.45, 7) is 2.58. The summed E-state index contributed by atoms with van der Waals surface area (Å²) in [5.74, 6) is -0.308. The summed E-state index contributed by atoms with van der Waals surface area (Å²) in [7, 11) is 0. The number of rotatable bonds is 4. The highest BCUT2D eigenvalue weighted by Gasteiger charge is 2.15. The molecular weight excluding hydrogens is 374 g/mol. The maximum atomic E-state index is 13.3. The van der Waals surface area contributed by atoms with Crippen LogP contribution < -0.4 is 4.90 Å². The summed E-state index contributed by atoms with van der Waals surface area (Å²) in [5, 5.41) is 10.8. The Hall–Kier alpha value is -1.70. The Morgan fingerprint density at radius 2 is 1.95 bits per heavy atom. The second-order valence-electron chi connectivity index (χ2n) is 4.12. The van der Waals surface area contributed by atoms with E-state index in [-0.39, 0.29) is 11.5 Å². The number of anilines is 2. The van der Waals surface area contributed by atoms with Crippen LogP contribution in [-0.4, -0.2) is 11.5 Å². The molecule has 2 aromatic carbocycles. The Morgan fingerprint density at radius 3 is 2.50 bits per heavy atom. The monoisotopic (exact) mass is 386 g/mol. The fourth-order valence-electron chi connectivity index (χ4n) is 1.97. The van der Waals surface area contributed by atoms with Crippen LogP contribution in [0.25, 0.3) is 0 Å². The third-order valence-corrected chi connectivity index (χ3v) is 3.74. The van der Waals surface area contributed by atoms with Gasteiger partial charge in [0.25, 0.3) is 5.69 Å². The van der Waals surface area contributed by atoms with Gasteiger partial charge >= 0.3 is 0 Å². The predicted molar refractivity (Wildman–Crippen MR) is 84.9 cm³/mol. The molecule has 0 atom stereocenters. The number of nitrogens with zero attached hydrogens (tertiary/aromatic N) is 2. The molecule has 0 radical (unpaired) electrons. The Balaban J connectivity index is 2.42. The molecule has 0 aliphatic rings. The molecule has 6 heteroatoms. The van der Waals surface area contributed by atoms with Crippen LogP contribution in [0.5, 0.6) is 0 Å². The number of nitro groups is 1. The first-order valence-corrected chi connectivity index (χ1v) is 7.08. The van der Waals surface area contributed by atoms with Gasteiger partial charge in [-0.25, -0.2) is 4.39 Å². The van der Waals surface area contributed by atoms with E-state index in [1.54, 1.807) is 24.3 Å². The second-order valence-corrected chi connectivity index (χ2v) is 5.28. The highest BCUT2D eigenvalue weighted by atomic mass is 127. The summed E-state index contributed by atoms with van der Waals surface area (Å²) in [4.78, 5) is 12.3. The number of halogens is 2. The molecule has 104 valence electrons. The van der Waals surface area contributed by atoms with Crippen LogP contribution in [-0.2, 0) is 0 Å². The van der Waals surface area contributed by atoms with Crippen LogP contribution >= 0.6 is 22.6 Å². The lowest BCUT2D eigenvalue weighted by atomic mass is 10.2. The Labute approximate surface area is 129 Å². The Bertz CT molecular complexity index is 649. The maximum Gasteiger partial charge on any atom is 0.282 e. The second kappa shape index (κ2) is 6.17. The summed E-state index contributed by atoms with van der Waals surface area (Å²) < 4.78 is 13.9. The van der Waals surface area contributed by atoms with Gasteiger partial charge in [0, 0.05) is 24.0 Å². The van der Waals surface area contributed by atoms with Gasteiger partial charge in [0.05, 0.1) is 8.49 Å². The zero-order valence-electron chi connectivity index (χ0n) is 10.7. The highest BCUT2D eigenvalue weighted by molar-refractivity contribution is 14.1. The van der Waals surface area contributed by atoms with E-state index in [0.717, 1.165) is 11.4 Å². The van der Waals surface area contributed by atoms with Crippen molar-refractivity contribution in [3.05, 3.63) is 62.0 Å². The molecule has 0 saturated carbocycles. The minimum absolute atomic E-state index is 0.0737. The predicted octanol–water partition coefficient (Wildman–Crippen LogP) is 4.50.